The SMILES string of the molecule is CCCCCC/C=C/[C-]=O.[Zr]. The molecule has 0 aliphatic heterocycles. The fraction of sp³-hybridized carbons (Fsp3) is 0.667. The molecule has 0 fully saturated rings. The molecule has 0 aliphatic carbocycles. The van der Waals surface area contributed by atoms with Crippen molar-refractivity contribution in [1.29, 1.82) is 0 Å². The van der Waals surface area contributed by atoms with Crippen LogP contribution in [0.5, 0.6) is 0 Å². The van der Waals surface area contributed by atoms with Gasteiger partial charge in [0.1, 0.15) is 0 Å². The molecule has 0 rings (SSSR count). The summed E-state index contributed by atoms with van der Waals surface area (Å²) in [5.41, 5.74) is 0. The summed E-state index contributed by atoms with van der Waals surface area (Å²) in [6.45, 7) is 2.19. The molecule has 0 unspecified atom stereocenters. The Balaban J connectivity index is 0. The van der Waals surface area contributed by atoms with E-state index < -0.39 is 0 Å². The average molecular weight is 230 g/mol. The summed E-state index contributed by atoms with van der Waals surface area (Å²) in [6, 6.07) is 0. The summed E-state index contributed by atoms with van der Waals surface area (Å²) in [4.78, 5) is 9.68. The number of hydrogen-bond donors (Lipinski definition) is 0. The van der Waals surface area contributed by atoms with E-state index >= 15 is 0 Å². The molecule has 2 heteroatoms. The van der Waals surface area contributed by atoms with Gasteiger partial charge in [0.2, 0.25) is 0 Å². The Kier molecular flexibility index (Phi) is 16.3. The molecule has 0 N–H and O–H groups in total. The number of unbranched alkanes of at least 4 members (excludes halogenated alkanes) is 4. The second-order valence-corrected chi connectivity index (χ2v) is 2.37. The monoisotopic (exact) mass is 229 g/mol. The van der Waals surface area contributed by atoms with E-state index in [2.05, 4.69) is 6.92 Å². The van der Waals surface area contributed by atoms with Gasteiger partial charge < -0.3 is 4.79 Å². The van der Waals surface area contributed by atoms with Crippen molar-refractivity contribution in [2.75, 3.05) is 0 Å². The molecule has 0 saturated heterocycles. The van der Waals surface area contributed by atoms with Gasteiger partial charge in [0.05, 0.1) is 0 Å². The minimum atomic E-state index is 0. The van der Waals surface area contributed by atoms with Crippen LogP contribution in [-0.2, 0) is 31.0 Å². The molecule has 1 nitrogen and oxygen atoms in total. The molecule has 0 amide bonds. The molecule has 11 heavy (non-hydrogen) atoms. The summed E-state index contributed by atoms with van der Waals surface area (Å²) in [7, 11) is 0. The summed E-state index contributed by atoms with van der Waals surface area (Å²) < 4.78 is 0. The molecule has 0 aromatic rings. The van der Waals surface area contributed by atoms with Gasteiger partial charge in [-0.2, -0.15) is 6.08 Å². The van der Waals surface area contributed by atoms with E-state index in [1.807, 2.05) is 6.08 Å². The molecular weight excluding hydrogens is 215 g/mol. The quantitative estimate of drug-likeness (QED) is 0.389. The van der Waals surface area contributed by atoms with Gasteiger partial charge in [-0.1, -0.05) is 32.6 Å². The van der Waals surface area contributed by atoms with Crippen LogP contribution in [0.1, 0.15) is 39.0 Å². The van der Waals surface area contributed by atoms with Crippen LogP contribution in [0.15, 0.2) is 12.2 Å². The molecular formula is C9H15OZr-. The normalized spacial score (nSPS) is 9.55. The van der Waals surface area contributed by atoms with E-state index in [9.17, 15) is 4.79 Å². The summed E-state index contributed by atoms with van der Waals surface area (Å²) in [5.74, 6) is 0. The maximum absolute atomic E-state index is 9.68. The largest absolute Gasteiger partial charge is 0.419 e. The van der Waals surface area contributed by atoms with Crippen molar-refractivity contribution in [2.24, 2.45) is 0 Å². The average Bonchev–Trinajstić information content (AvgIpc) is 1.97. The fourth-order valence-corrected chi connectivity index (χ4v) is 0.820. The number of carbonyl (C=O) groups excluding carboxylic acids is 1. The van der Waals surface area contributed by atoms with Crippen LogP contribution >= 0.6 is 0 Å². The van der Waals surface area contributed by atoms with Gasteiger partial charge in [0.15, 0.2) is 0 Å². The van der Waals surface area contributed by atoms with E-state index in [0.29, 0.717) is 0 Å². The third kappa shape index (κ3) is 13.3. The number of rotatable bonds is 6. The van der Waals surface area contributed by atoms with Crippen molar-refractivity contribution < 1.29 is 31.0 Å². The zero-order chi connectivity index (χ0) is 7.66. The van der Waals surface area contributed by atoms with Crippen LogP contribution in [0, 0.1) is 0 Å². The molecule has 0 spiro atoms. The van der Waals surface area contributed by atoms with Crippen LogP contribution in [0.4, 0.5) is 0 Å². The molecule has 0 bridgehead atoms. The second kappa shape index (κ2) is 12.9. The van der Waals surface area contributed by atoms with E-state index in [-0.39, 0.29) is 26.2 Å². The van der Waals surface area contributed by atoms with Crippen molar-refractivity contribution in [3.8, 4) is 0 Å². The third-order valence-corrected chi connectivity index (χ3v) is 1.41. The first-order chi connectivity index (χ1) is 4.91. The molecule has 0 saturated carbocycles. The zero-order valence-electron chi connectivity index (χ0n) is 7.10. The maximum Gasteiger partial charge on any atom is 0 e. The standard InChI is InChI=1S/C9H15O.Zr/c1-2-3-4-5-6-7-8-9-10;/h7-8H,2-6H2,1H3;/q-1;/b8-7+;. The molecule has 0 aromatic heterocycles. The Hall–Kier alpha value is 0.293. The maximum atomic E-state index is 9.68. The predicted molar refractivity (Wildman–Crippen MR) is 43.6 cm³/mol. The minimum absolute atomic E-state index is 0. The Labute approximate surface area is 88.4 Å². The smallest absolute Gasteiger partial charge is 0 e. The minimum Gasteiger partial charge on any atom is -0.419 e. The van der Waals surface area contributed by atoms with Crippen molar-refractivity contribution in [3.63, 3.8) is 0 Å². The Bertz CT molecular complexity index is 99.7. The molecule has 0 heterocycles. The Morgan fingerprint density at radius 2 is 2.00 bits per heavy atom. The Morgan fingerprint density at radius 3 is 2.55 bits per heavy atom. The molecule has 0 radical (unpaired) electrons. The van der Waals surface area contributed by atoms with Crippen LogP contribution in [0.25, 0.3) is 0 Å². The fourth-order valence-electron chi connectivity index (χ4n) is 0.820. The second-order valence-electron chi connectivity index (χ2n) is 2.37. The first-order valence-corrected chi connectivity index (χ1v) is 3.94. The first-order valence-electron chi connectivity index (χ1n) is 3.94. The molecule has 62 valence electrons. The van der Waals surface area contributed by atoms with Gasteiger partial charge in [-0.05, 0) is 6.29 Å². The summed E-state index contributed by atoms with van der Waals surface area (Å²) in [6.07, 6.45) is 11.1. The van der Waals surface area contributed by atoms with Gasteiger partial charge in [-0.15, -0.1) is 6.42 Å². The number of hydrogen-bond acceptors (Lipinski definition) is 1. The van der Waals surface area contributed by atoms with Crippen molar-refractivity contribution in [2.45, 2.75) is 39.0 Å². The van der Waals surface area contributed by atoms with Crippen LogP contribution in [0.2, 0.25) is 0 Å². The summed E-state index contributed by atoms with van der Waals surface area (Å²) in [5, 5.41) is 0. The molecule has 0 aromatic carbocycles. The van der Waals surface area contributed by atoms with Gasteiger partial charge in [0, 0.05) is 26.2 Å². The van der Waals surface area contributed by atoms with Crippen molar-refractivity contribution in [3.05, 3.63) is 12.2 Å². The molecule has 0 atom stereocenters. The van der Waals surface area contributed by atoms with E-state index in [1.54, 1.807) is 6.29 Å². The van der Waals surface area contributed by atoms with E-state index in [0.717, 1.165) is 6.42 Å². The Morgan fingerprint density at radius 1 is 1.27 bits per heavy atom. The zero-order valence-corrected chi connectivity index (χ0v) is 9.56. The van der Waals surface area contributed by atoms with Gasteiger partial charge in [-0.25, -0.2) is 6.08 Å². The van der Waals surface area contributed by atoms with Gasteiger partial charge in [0.25, 0.3) is 0 Å². The predicted octanol–water partition coefficient (Wildman–Crippen LogP) is 2.62. The van der Waals surface area contributed by atoms with Crippen LogP contribution in [-0.4, -0.2) is 6.29 Å². The van der Waals surface area contributed by atoms with E-state index in [4.69, 9.17) is 0 Å². The molecule has 0 aliphatic rings. The van der Waals surface area contributed by atoms with Gasteiger partial charge >= 0.3 is 0 Å². The van der Waals surface area contributed by atoms with Crippen molar-refractivity contribution in [1.82, 2.24) is 0 Å². The number of allylic oxidation sites excluding steroid dienone is 2. The van der Waals surface area contributed by atoms with Crippen molar-refractivity contribution >= 4 is 6.29 Å². The van der Waals surface area contributed by atoms with Gasteiger partial charge in [-0.3, -0.25) is 0 Å². The topological polar surface area (TPSA) is 17.1 Å². The third-order valence-electron chi connectivity index (χ3n) is 1.41. The van der Waals surface area contributed by atoms with E-state index in [1.165, 1.54) is 31.8 Å². The summed E-state index contributed by atoms with van der Waals surface area (Å²) >= 11 is 0. The van der Waals surface area contributed by atoms with Crippen LogP contribution in [0.3, 0.4) is 0 Å². The first kappa shape index (κ1) is 13.9. The van der Waals surface area contributed by atoms with Crippen LogP contribution < -0.4 is 0 Å².